The summed E-state index contributed by atoms with van der Waals surface area (Å²) in [5, 5.41) is 0. The molecule has 1 aromatic rings. The predicted molar refractivity (Wildman–Crippen MR) is 51.0 cm³/mol. The molecule has 1 rings (SSSR count). The van der Waals surface area contributed by atoms with Crippen molar-refractivity contribution in [1.29, 1.82) is 0 Å². The summed E-state index contributed by atoms with van der Waals surface area (Å²) in [4.78, 5) is -0.0666. The fourth-order valence-electron chi connectivity index (χ4n) is 0.710. The number of benzene rings is 1. The molecule has 0 amide bonds. The standard InChI is InChI=1S/C7H8O3S.2H3N/c1-6-2-4-7(5-3-6)11(8,9)10;;/h2-5H,1H3,(H,8,9,10);2*1H3. The fraction of sp³-hybridized carbons (Fsp3) is 0.143. The van der Waals surface area contributed by atoms with Gasteiger partial charge in [-0.25, -0.2) is 0 Å². The van der Waals surface area contributed by atoms with Gasteiger partial charge in [-0.2, -0.15) is 8.42 Å². The number of hydrogen-bond donors (Lipinski definition) is 3. The Kier molecular flexibility index (Phi) is 5.52. The molecule has 7 N–H and O–H groups in total. The van der Waals surface area contributed by atoms with E-state index >= 15 is 0 Å². The van der Waals surface area contributed by atoms with E-state index in [-0.39, 0.29) is 17.2 Å². The summed E-state index contributed by atoms with van der Waals surface area (Å²) in [5.74, 6) is 0. The topological polar surface area (TPSA) is 124 Å². The van der Waals surface area contributed by atoms with Gasteiger partial charge in [0.15, 0.2) is 0 Å². The minimum Gasteiger partial charge on any atom is -0.344 e. The second-order valence-electron chi connectivity index (χ2n) is 2.29. The van der Waals surface area contributed by atoms with Crippen LogP contribution in [0, 0.1) is 6.92 Å². The molecular formula is C7H14N2O3S. The molecule has 0 bridgehead atoms. The molecule has 0 saturated heterocycles. The molecule has 6 heteroatoms. The lowest BCUT2D eigenvalue weighted by atomic mass is 10.2. The van der Waals surface area contributed by atoms with Crippen molar-refractivity contribution in [3.8, 4) is 0 Å². The van der Waals surface area contributed by atoms with Crippen molar-refractivity contribution in [1.82, 2.24) is 12.3 Å². The monoisotopic (exact) mass is 206 g/mol. The highest BCUT2D eigenvalue weighted by Crippen LogP contribution is 2.08. The van der Waals surface area contributed by atoms with E-state index in [1.807, 2.05) is 6.92 Å². The first-order chi connectivity index (χ1) is 5.00. The minimum absolute atomic E-state index is 0. The summed E-state index contributed by atoms with van der Waals surface area (Å²) in [5.41, 5.74) is 0.956. The predicted octanol–water partition coefficient (Wildman–Crippen LogP) is 1.57. The van der Waals surface area contributed by atoms with E-state index in [1.54, 1.807) is 12.1 Å². The highest BCUT2D eigenvalue weighted by Gasteiger charge is 2.06. The first-order valence-electron chi connectivity index (χ1n) is 3.04. The molecule has 0 aromatic heterocycles. The third-order valence-electron chi connectivity index (χ3n) is 1.32. The van der Waals surface area contributed by atoms with E-state index in [4.69, 9.17) is 4.55 Å². The normalized spacial score (nSPS) is 9.69. The summed E-state index contributed by atoms with van der Waals surface area (Å²) >= 11 is 0. The van der Waals surface area contributed by atoms with Crippen LogP contribution in [0.2, 0.25) is 0 Å². The van der Waals surface area contributed by atoms with Crippen LogP contribution >= 0.6 is 0 Å². The van der Waals surface area contributed by atoms with Crippen LogP contribution in [0.4, 0.5) is 0 Å². The van der Waals surface area contributed by atoms with Crippen molar-refractivity contribution in [3.05, 3.63) is 29.8 Å². The van der Waals surface area contributed by atoms with Crippen LogP contribution in [0.5, 0.6) is 0 Å². The van der Waals surface area contributed by atoms with Gasteiger partial charge in [0.25, 0.3) is 10.1 Å². The van der Waals surface area contributed by atoms with Crippen LogP contribution in [-0.4, -0.2) is 13.0 Å². The Morgan fingerprint density at radius 1 is 1.08 bits per heavy atom. The molecule has 0 fully saturated rings. The van der Waals surface area contributed by atoms with Crippen molar-refractivity contribution in [3.63, 3.8) is 0 Å². The van der Waals surface area contributed by atoms with Gasteiger partial charge in [0.05, 0.1) is 4.90 Å². The molecule has 1 aromatic carbocycles. The molecule has 0 atom stereocenters. The molecule has 76 valence electrons. The molecule has 5 nitrogen and oxygen atoms in total. The van der Waals surface area contributed by atoms with Crippen molar-refractivity contribution in [2.75, 3.05) is 0 Å². The van der Waals surface area contributed by atoms with E-state index in [0.717, 1.165) is 5.56 Å². The van der Waals surface area contributed by atoms with Gasteiger partial charge in [0.2, 0.25) is 0 Å². The highest BCUT2D eigenvalue weighted by molar-refractivity contribution is 7.85. The van der Waals surface area contributed by atoms with Gasteiger partial charge in [-0.1, -0.05) is 17.7 Å². The van der Waals surface area contributed by atoms with Gasteiger partial charge in [-0.05, 0) is 19.1 Å². The maximum Gasteiger partial charge on any atom is 0.294 e. The Hall–Kier alpha value is -0.950. The first-order valence-corrected chi connectivity index (χ1v) is 4.48. The van der Waals surface area contributed by atoms with E-state index < -0.39 is 10.1 Å². The second-order valence-corrected chi connectivity index (χ2v) is 3.71. The molecule has 0 saturated carbocycles. The van der Waals surface area contributed by atoms with E-state index in [1.165, 1.54) is 12.1 Å². The molecule has 13 heavy (non-hydrogen) atoms. The zero-order valence-electron chi connectivity index (χ0n) is 7.40. The summed E-state index contributed by atoms with van der Waals surface area (Å²) in [6.07, 6.45) is 0. The number of hydrogen-bond acceptors (Lipinski definition) is 4. The average molecular weight is 206 g/mol. The number of aryl methyl sites for hydroxylation is 1. The second kappa shape index (κ2) is 4.93. The van der Waals surface area contributed by atoms with Gasteiger partial charge >= 0.3 is 0 Å². The third kappa shape index (κ3) is 4.00. The van der Waals surface area contributed by atoms with Crippen molar-refractivity contribution < 1.29 is 13.0 Å². The number of rotatable bonds is 1. The molecule has 0 radical (unpaired) electrons. The molecule has 0 heterocycles. The molecule has 0 unspecified atom stereocenters. The Balaban J connectivity index is 0. The lowest BCUT2D eigenvalue weighted by Crippen LogP contribution is -1.96. The maximum absolute atomic E-state index is 10.5. The largest absolute Gasteiger partial charge is 0.344 e. The van der Waals surface area contributed by atoms with Crippen LogP contribution in [0.1, 0.15) is 5.56 Å². The minimum atomic E-state index is -4.02. The van der Waals surface area contributed by atoms with E-state index in [0.29, 0.717) is 0 Å². The molecule has 0 aliphatic heterocycles. The molecule has 0 aliphatic carbocycles. The molecule has 0 spiro atoms. The van der Waals surface area contributed by atoms with E-state index in [2.05, 4.69) is 0 Å². The maximum atomic E-state index is 10.5. The summed E-state index contributed by atoms with van der Waals surface area (Å²) < 4.78 is 29.6. The quantitative estimate of drug-likeness (QED) is 0.601. The molecule has 0 aliphatic rings. The summed E-state index contributed by atoms with van der Waals surface area (Å²) in [7, 11) is -4.02. The van der Waals surface area contributed by atoms with Crippen LogP contribution in [-0.2, 0) is 10.1 Å². The lowest BCUT2D eigenvalue weighted by Gasteiger charge is -1.95. The van der Waals surface area contributed by atoms with Crippen molar-refractivity contribution in [2.24, 2.45) is 0 Å². The highest BCUT2D eigenvalue weighted by atomic mass is 32.2. The summed E-state index contributed by atoms with van der Waals surface area (Å²) in [6.45, 7) is 1.84. The zero-order valence-corrected chi connectivity index (χ0v) is 8.21. The van der Waals surface area contributed by atoms with Gasteiger partial charge in [0, 0.05) is 0 Å². The van der Waals surface area contributed by atoms with Crippen LogP contribution < -0.4 is 12.3 Å². The Morgan fingerprint density at radius 3 is 1.77 bits per heavy atom. The average Bonchev–Trinajstić information content (AvgIpc) is 1.86. The lowest BCUT2D eigenvalue weighted by molar-refractivity contribution is 0.483. The van der Waals surface area contributed by atoms with Gasteiger partial charge in [-0.3, -0.25) is 4.55 Å². The van der Waals surface area contributed by atoms with Crippen molar-refractivity contribution in [2.45, 2.75) is 11.8 Å². The third-order valence-corrected chi connectivity index (χ3v) is 2.19. The van der Waals surface area contributed by atoms with Gasteiger partial charge < -0.3 is 12.3 Å². The van der Waals surface area contributed by atoms with Crippen LogP contribution in [0.3, 0.4) is 0 Å². The Labute approximate surface area is 77.7 Å². The Bertz CT molecular complexity index is 345. The fourth-order valence-corrected chi connectivity index (χ4v) is 1.19. The van der Waals surface area contributed by atoms with Crippen LogP contribution in [0.25, 0.3) is 0 Å². The SMILES string of the molecule is Cc1ccc(S(=O)(=O)O)cc1.N.N. The molecular weight excluding hydrogens is 192 g/mol. The van der Waals surface area contributed by atoms with Gasteiger partial charge in [-0.15, -0.1) is 0 Å². The smallest absolute Gasteiger partial charge is 0.294 e. The van der Waals surface area contributed by atoms with Crippen LogP contribution in [0.15, 0.2) is 29.2 Å². The van der Waals surface area contributed by atoms with E-state index in [9.17, 15) is 8.42 Å². The van der Waals surface area contributed by atoms with Crippen molar-refractivity contribution >= 4 is 10.1 Å². The summed E-state index contributed by atoms with van der Waals surface area (Å²) in [6, 6.07) is 5.99. The first kappa shape index (κ1) is 14.6. The Morgan fingerprint density at radius 2 is 1.46 bits per heavy atom. The zero-order chi connectivity index (χ0) is 8.48. The van der Waals surface area contributed by atoms with Gasteiger partial charge in [0.1, 0.15) is 0 Å².